The summed E-state index contributed by atoms with van der Waals surface area (Å²) >= 11 is 1.48. The molecule has 0 saturated carbocycles. The molecule has 2 saturated heterocycles. The van der Waals surface area contributed by atoms with Crippen molar-refractivity contribution in [3.05, 3.63) is 42.2 Å². The van der Waals surface area contributed by atoms with Crippen LogP contribution in [0.15, 0.2) is 36.7 Å². The maximum Gasteiger partial charge on any atom is 0.209 e. The molecule has 10 nitrogen and oxygen atoms in total. The van der Waals surface area contributed by atoms with Gasteiger partial charge >= 0.3 is 0 Å². The number of rotatable bonds is 7. The zero-order valence-corrected chi connectivity index (χ0v) is 20.5. The average Bonchev–Trinajstić information content (AvgIpc) is 3.64. The maximum atomic E-state index is 12.4. The molecule has 0 aromatic carbocycles. The van der Waals surface area contributed by atoms with Gasteiger partial charge in [-0.15, -0.1) is 10.2 Å². The lowest BCUT2D eigenvalue weighted by Gasteiger charge is -2.28. The van der Waals surface area contributed by atoms with Crippen molar-refractivity contribution in [3.8, 4) is 28.0 Å². The van der Waals surface area contributed by atoms with E-state index in [0.717, 1.165) is 57.7 Å². The number of aromatic nitrogens is 5. The Hall–Kier alpha value is -3.88. The molecule has 2 aliphatic rings. The zero-order valence-electron chi connectivity index (χ0n) is 19.7. The molecule has 0 aliphatic carbocycles. The largest absolute Gasteiger partial charge is 0.377 e. The number of hydrogen-bond acceptors (Lipinski definition) is 10. The predicted molar refractivity (Wildman–Crippen MR) is 136 cm³/mol. The summed E-state index contributed by atoms with van der Waals surface area (Å²) in [5, 5.41) is 27.6. The second-order valence-corrected chi connectivity index (χ2v) is 9.92. The third-order valence-electron chi connectivity index (χ3n) is 6.66. The van der Waals surface area contributed by atoms with Crippen molar-refractivity contribution in [2.45, 2.75) is 38.3 Å². The van der Waals surface area contributed by atoms with E-state index in [0.29, 0.717) is 25.2 Å². The molecule has 0 spiro atoms. The molecule has 4 aromatic heterocycles. The van der Waals surface area contributed by atoms with Crippen LogP contribution >= 0.6 is 11.3 Å². The maximum absolute atomic E-state index is 12.4. The SMILES string of the molecule is CCC(=O)[C@@H]1CCCN1c1nnc(-c2cnc(-c3ccc4cc(C#N)cnn34)cc2NC2COC2)s1. The number of nitrogens with one attached hydrogen (secondary N) is 1. The van der Waals surface area contributed by atoms with Crippen molar-refractivity contribution in [2.24, 2.45) is 0 Å². The monoisotopic (exact) mass is 500 g/mol. The Bertz CT molecular complexity index is 1480. The topological polar surface area (TPSA) is 121 Å². The van der Waals surface area contributed by atoms with Gasteiger partial charge in [0, 0.05) is 24.8 Å². The van der Waals surface area contributed by atoms with Crippen molar-refractivity contribution in [2.75, 3.05) is 30.0 Å². The fourth-order valence-electron chi connectivity index (χ4n) is 4.68. The number of hydrogen-bond donors (Lipinski definition) is 1. The Morgan fingerprint density at radius 3 is 2.94 bits per heavy atom. The van der Waals surface area contributed by atoms with Gasteiger partial charge in [-0.2, -0.15) is 10.4 Å². The molecule has 36 heavy (non-hydrogen) atoms. The van der Waals surface area contributed by atoms with E-state index in [4.69, 9.17) is 9.72 Å². The number of fused-ring (bicyclic) bond motifs is 1. The van der Waals surface area contributed by atoms with Crippen molar-refractivity contribution in [1.29, 1.82) is 5.26 Å². The van der Waals surface area contributed by atoms with E-state index in [2.05, 4.69) is 31.6 Å². The van der Waals surface area contributed by atoms with Gasteiger partial charge in [-0.05, 0) is 37.1 Å². The van der Waals surface area contributed by atoms with E-state index in [1.54, 1.807) is 16.8 Å². The lowest BCUT2D eigenvalue weighted by Crippen LogP contribution is -2.40. The molecule has 1 N–H and O–H groups in total. The number of Topliss-reactive ketones (excluding diaryl/α,β-unsaturated/α-hetero) is 1. The summed E-state index contributed by atoms with van der Waals surface area (Å²) < 4.78 is 7.15. The van der Waals surface area contributed by atoms with Crippen molar-refractivity contribution in [1.82, 2.24) is 24.8 Å². The molecule has 0 unspecified atom stereocenters. The molecular weight excluding hydrogens is 476 g/mol. The van der Waals surface area contributed by atoms with Gasteiger partial charge in [0.15, 0.2) is 10.8 Å². The minimum atomic E-state index is -0.113. The summed E-state index contributed by atoms with van der Waals surface area (Å²) in [7, 11) is 0. The Morgan fingerprint density at radius 1 is 1.28 bits per heavy atom. The van der Waals surface area contributed by atoms with Crippen LogP contribution in [0.2, 0.25) is 0 Å². The van der Waals surface area contributed by atoms with E-state index >= 15 is 0 Å². The minimum absolute atomic E-state index is 0.113. The van der Waals surface area contributed by atoms with Gasteiger partial charge in [0.05, 0.1) is 59.5 Å². The molecule has 0 amide bonds. The summed E-state index contributed by atoms with van der Waals surface area (Å²) in [4.78, 5) is 19.3. The van der Waals surface area contributed by atoms with Gasteiger partial charge in [-0.1, -0.05) is 18.3 Å². The van der Waals surface area contributed by atoms with Crippen LogP contribution in [0.25, 0.3) is 27.5 Å². The van der Waals surface area contributed by atoms with Gasteiger partial charge in [-0.25, -0.2) is 4.52 Å². The first-order valence-corrected chi connectivity index (χ1v) is 12.8. The highest BCUT2D eigenvalue weighted by Crippen LogP contribution is 2.38. The van der Waals surface area contributed by atoms with Crippen LogP contribution in [0.5, 0.6) is 0 Å². The van der Waals surface area contributed by atoms with Crippen LogP contribution in [-0.2, 0) is 9.53 Å². The van der Waals surface area contributed by atoms with Gasteiger partial charge < -0.3 is 15.0 Å². The quantitative estimate of drug-likeness (QED) is 0.406. The fourth-order valence-corrected chi connectivity index (χ4v) is 5.63. The summed E-state index contributed by atoms with van der Waals surface area (Å²) in [5.74, 6) is 0.248. The standard InChI is InChI=1S/C25H24N8O2S/c1-2-23(34)22-4-3-7-32(22)25-31-30-24(36-25)18-12-27-20(9-19(18)29-16-13-35-14-16)21-6-5-17-8-15(10-26)11-28-33(17)21/h5-6,8-9,11-12,16,22H,2-4,7,13-14H2,1H3,(H,27,29)/t22-/m0/s1. The lowest BCUT2D eigenvalue weighted by molar-refractivity contribution is -0.119. The highest BCUT2D eigenvalue weighted by Gasteiger charge is 2.32. The average molecular weight is 501 g/mol. The third kappa shape index (κ3) is 3.98. The number of ketones is 1. The van der Waals surface area contributed by atoms with E-state index in [1.165, 1.54) is 11.3 Å². The van der Waals surface area contributed by atoms with Gasteiger partial charge in [0.25, 0.3) is 0 Å². The van der Waals surface area contributed by atoms with Crippen LogP contribution in [0.3, 0.4) is 0 Å². The zero-order chi connectivity index (χ0) is 24.6. The van der Waals surface area contributed by atoms with E-state index in [9.17, 15) is 10.1 Å². The minimum Gasteiger partial charge on any atom is -0.377 e. The van der Waals surface area contributed by atoms with Crippen LogP contribution in [0.1, 0.15) is 31.7 Å². The molecular formula is C25H24N8O2S. The summed E-state index contributed by atoms with van der Waals surface area (Å²) in [5.41, 5.74) is 4.65. The van der Waals surface area contributed by atoms with Gasteiger partial charge in [-0.3, -0.25) is 9.78 Å². The number of nitriles is 1. The first-order chi connectivity index (χ1) is 17.6. The van der Waals surface area contributed by atoms with E-state index < -0.39 is 0 Å². The van der Waals surface area contributed by atoms with Crippen LogP contribution in [0.4, 0.5) is 10.8 Å². The van der Waals surface area contributed by atoms with Crippen molar-refractivity contribution >= 4 is 33.5 Å². The number of carbonyl (C=O) groups is 1. The van der Waals surface area contributed by atoms with Gasteiger partial charge in [0.2, 0.25) is 5.13 Å². The number of pyridine rings is 1. The molecule has 1 atom stereocenters. The molecule has 2 fully saturated rings. The first kappa shape index (κ1) is 22.6. The Kier molecular flexibility index (Phi) is 5.83. The molecule has 11 heteroatoms. The Morgan fingerprint density at radius 2 is 2.17 bits per heavy atom. The second-order valence-electron chi connectivity index (χ2n) is 8.97. The highest BCUT2D eigenvalue weighted by molar-refractivity contribution is 7.18. The van der Waals surface area contributed by atoms with Crippen LogP contribution in [-0.4, -0.2) is 62.4 Å². The summed E-state index contributed by atoms with van der Waals surface area (Å²) in [6.07, 6.45) is 5.72. The summed E-state index contributed by atoms with van der Waals surface area (Å²) in [6.45, 7) is 4.00. The molecule has 0 radical (unpaired) electrons. The van der Waals surface area contributed by atoms with Crippen molar-refractivity contribution < 1.29 is 9.53 Å². The van der Waals surface area contributed by atoms with Gasteiger partial charge in [0.1, 0.15) is 6.07 Å². The molecule has 182 valence electrons. The predicted octanol–water partition coefficient (Wildman–Crippen LogP) is 3.55. The summed E-state index contributed by atoms with van der Waals surface area (Å²) in [6, 6.07) is 9.88. The highest BCUT2D eigenvalue weighted by atomic mass is 32.1. The third-order valence-corrected chi connectivity index (χ3v) is 7.65. The Balaban J connectivity index is 1.36. The molecule has 4 aromatic rings. The van der Waals surface area contributed by atoms with Crippen LogP contribution in [0, 0.1) is 11.3 Å². The smallest absolute Gasteiger partial charge is 0.209 e. The van der Waals surface area contributed by atoms with Crippen LogP contribution < -0.4 is 10.2 Å². The molecule has 2 aliphatic heterocycles. The Labute approximate surface area is 211 Å². The van der Waals surface area contributed by atoms with E-state index in [1.807, 2.05) is 31.3 Å². The fraction of sp³-hybridized carbons (Fsp3) is 0.360. The number of carbonyl (C=O) groups excluding carboxylic acids is 1. The number of ether oxygens (including phenoxy) is 1. The molecule has 0 bridgehead atoms. The van der Waals surface area contributed by atoms with E-state index in [-0.39, 0.29) is 17.9 Å². The lowest BCUT2D eigenvalue weighted by atomic mass is 10.1. The second kappa shape index (κ2) is 9.29. The molecule has 6 heterocycles. The number of nitrogens with zero attached hydrogens (tertiary/aromatic N) is 7. The number of anilines is 2. The van der Waals surface area contributed by atoms with Crippen molar-refractivity contribution in [3.63, 3.8) is 0 Å². The molecule has 6 rings (SSSR count). The first-order valence-electron chi connectivity index (χ1n) is 12.0. The normalized spacial score (nSPS) is 17.8.